The Hall–Kier alpha value is -4.53. The third-order valence-electron chi connectivity index (χ3n) is 5.86. The van der Waals surface area contributed by atoms with Gasteiger partial charge in [-0.1, -0.05) is 0 Å². The molecule has 5 rings (SSSR count). The largest absolute Gasteiger partial charge is 0.497 e. The highest BCUT2D eigenvalue weighted by Gasteiger charge is 2.18. The van der Waals surface area contributed by atoms with Crippen LogP contribution in [0.1, 0.15) is 17.0 Å². The molecular weight excluding hydrogens is 466 g/mol. The molecule has 0 amide bonds. The third kappa shape index (κ3) is 4.19. The Morgan fingerprint density at radius 2 is 1.78 bits per heavy atom. The molecule has 0 saturated heterocycles. The lowest BCUT2D eigenvalue weighted by molar-refractivity contribution is 0.301. The molecule has 0 saturated carbocycles. The summed E-state index contributed by atoms with van der Waals surface area (Å²) in [5.74, 6) is -0.339. The number of hydrogen-bond donors (Lipinski definition) is 0. The number of pyridine rings is 1. The zero-order valence-corrected chi connectivity index (χ0v) is 19.8. The average molecular weight is 488 g/mol. The number of hydrogen-bond acceptors (Lipinski definition) is 5. The third-order valence-corrected chi connectivity index (χ3v) is 5.86. The Balaban J connectivity index is 1.52. The number of aromatic nitrogens is 4. The molecule has 36 heavy (non-hydrogen) atoms. The molecule has 7 nitrogen and oxygen atoms in total. The lowest BCUT2D eigenvalue weighted by Gasteiger charge is -2.12. The van der Waals surface area contributed by atoms with Crippen molar-refractivity contribution in [1.29, 1.82) is 0 Å². The van der Waals surface area contributed by atoms with Crippen LogP contribution in [0.15, 0.2) is 71.7 Å². The van der Waals surface area contributed by atoms with E-state index in [0.717, 1.165) is 29.3 Å². The zero-order chi connectivity index (χ0) is 25.4. The first-order valence-electron chi connectivity index (χ1n) is 11.2. The molecule has 182 valence electrons. The molecule has 0 fully saturated rings. The van der Waals surface area contributed by atoms with E-state index in [0.29, 0.717) is 22.7 Å². The number of fused-ring (bicyclic) bond motifs is 1. The molecule has 0 spiro atoms. The smallest absolute Gasteiger partial charge is 0.267 e. The van der Waals surface area contributed by atoms with E-state index in [1.54, 1.807) is 37.0 Å². The SMILES string of the molecule is COc1ccc(-n2nc(-c3c(C)nc4c(OCc5ccc(F)cc5F)cccn4c3=O)cc2C)cc1. The van der Waals surface area contributed by atoms with E-state index >= 15 is 0 Å². The fraction of sp³-hybridized carbons (Fsp3) is 0.148. The van der Waals surface area contributed by atoms with Crippen molar-refractivity contribution in [2.75, 3.05) is 7.11 Å². The first-order valence-corrected chi connectivity index (χ1v) is 11.2. The predicted molar refractivity (Wildman–Crippen MR) is 131 cm³/mol. The molecule has 0 radical (unpaired) electrons. The van der Waals surface area contributed by atoms with Crippen molar-refractivity contribution >= 4 is 5.65 Å². The van der Waals surface area contributed by atoms with Crippen LogP contribution in [0.2, 0.25) is 0 Å². The molecular formula is C27H22F2N4O3. The summed E-state index contributed by atoms with van der Waals surface area (Å²) in [4.78, 5) is 18.1. The van der Waals surface area contributed by atoms with Gasteiger partial charge in [0.1, 0.15) is 29.7 Å². The standard InChI is InChI=1S/C27H22F2N4O3/c1-16-13-23(31-33(16)20-8-10-21(35-3)11-9-20)25-17(2)30-26-24(5-4-12-32(26)27(25)34)36-15-18-6-7-19(28)14-22(18)29/h4-14H,15H2,1-3H3. The van der Waals surface area contributed by atoms with Gasteiger partial charge in [0.05, 0.1) is 24.1 Å². The Bertz CT molecular complexity index is 1640. The summed E-state index contributed by atoms with van der Waals surface area (Å²) in [6, 6.07) is 15.9. The van der Waals surface area contributed by atoms with Crippen molar-refractivity contribution in [3.05, 3.63) is 106 Å². The number of aryl methyl sites for hydroxylation is 2. The van der Waals surface area contributed by atoms with E-state index in [1.165, 1.54) is 10.5 Å². The van der Waals surface area contributed by atoms with E-state index in [-0.39, 0.29) is 23.4 Å². The number of nitrogens with zero attached hydrogens (tertiary/aromatic N) is 4. The number of methoxy groups -OCH3 is 1. The summed E-state index contributed by atoms with van der Waals surface area (Å²) >= 11 is 0. The molecule has 3 heterocycles. The maximum absolute atomic E-state index is 14.0. The molecule has 0 atom stereocenters. The molecule has 0 bridgehead atoms. The molecule has 5 aromatic rings. The Morgan fingerprint density at radius 3 is 2.50 bits per heavy atom. The lowest BCUT2D eigenvalue weighted by Crippen LogP contribution is -2.19. The van der Waals surface area contributed by atoms with Crippen LogP contribution in [0, 0.1) is 25.5 Å². The second-order valence-corrected chi connectivity index (χ2v) is 8.25. The summed E-state index contributed by atoms with van der Waals surface area (Å²) < 4.78 is 41.3. The van der Waals surface area contributed by atoms with Crippen LogP contribution in [0.25, 0.3) is 22.6 Å². The monoisotopic (exact) mass is 488 g/mol. The van der Waals surface area contributed by atoms with Gasteiger partial charge in [-0.2, -0.15) is 5.10 Å². The molecule has 0 aliphatic heterocycles. The highest BCUT2D eigenvalue weighted by Crippen LogP contribution is 2.25. The summed E-state index contributed by atoms with van der Waals surface area (Å²) in [5.41, 5.74) is 3.18. The van der Waals surface area contributed by atoms with Crippen LogP contribution < -0.4 is 15.0 Å². The van der Waals surface area contributed by atoms with Crippen molar-refractivity contribution < 1.29 is 18.3 Å². The van der Waals surface area contributed by atoms with Gasteiger partial charge in [0, 0.05) is 23.5 Å². The minimum absolute atomic E-state index is 0.145. The van der Waals surface area contributed by atoms with Crippen molar-refractivity contribution in [1.82, 2.24) is 19.2 Å². The van der Waals surface area contributed by atoms with Crippen molar-refractivity contribution in [3.8, 4) is 28.4 Å². The van der Waals surface area contributed by atoms with Gasteiger partial charge in [-0.3, -0.25) is 9.20 Å². The van der Waals surface area contributed by atoms with E-state index in [1.807, 2.05) is 37.3 Å². The maximum Gasteiger partial charge on any atom is 0.267 e. The molecule has 0 aliphatic rings. The summed E-state index contributed by atoms with van der Waals surface area (Å²) in [7, 11) is 1.60. The minimum atomic E-state index is -0.707. The highest BCUT2D eigenvalue weighted by atomic mass is 19.1. The van der Waals surface area contributed by atoms with Crippen molar-refractivity contribution in [2.24, 2.45) is 0 Å². The summed E-state index contributed by atoms with van der Waals surface area (Å²) in [6.45, 7) is 3.49. The van der Waals surface area contributed by atoms with Gasteiger partial charge in [-0.05, 0) is 68.4 Å². The topological polar surface area (TPSA) is 70.7 Å². The van der Waals surface area contributed by atoms with Gasteiger partial charge < -0.3 is 9.47 Å². The molecule has 2 aromatic carbocycles. The first kappa shape index (κ1) is 23.2. The van der Waals surface area contributed by atoms with Gasteiger partial charge in [0.2, 0.25) is 0 Å². The van der Waals surface area contributed by atoms with E-state index in [4.69, 9.17) is 9.47 Å². The molecule has 3 aromatic heterocycles. The highest BCUT2D eigenvalue weighted by molar-refractivity contribution is 5.65. The molecule has 0 unspecified atom stereocenters. The quantitative estimate of drug-likeness (QED) is 0.335. The fourth-order valence-corrected chi connectivity index (χ4v) is 4.03. The van der Waals surface area contributed by atoms with Gasteiger partial charge in [0.25, 0.3) is 5.56 Å². The van der Waals surface area contributed by atoms with Crippen LogP contribution in [0.5, 0.6) is 11.5 Å². The number of halogens is 2. The van der Waals surface area contributed by atoms with Gasteiger partial charge >= 0.3 is 0 Å². The van der Waals surface area contributed by atoms with Crippen molar-refractivity contribution in [2.45, 2.75) is 20.5 Å². The maximum atomic E-state index is 14.0. The van der Waals surface area contributed by atoms with Gasteiger partial charge in [0.15, 0.2) is 11.4 Å². The van der Waals surface area contributed by atoms with Crippen LogP contribution >= 0.6 is 0 Å². The Morgan fingerprint density at radius 1 is 1.00 bits per heavy atom. The summed E-state index contributed by atoms with van der Waals surface area (Å²) in [5, 5.41) is 4.67. The second kappa shape index (κ2) is 9.26. The Kier molecular flexibility index (Phi) is 5.97. The number of ether oxygens (including phenoxy) is 2. The number of rotatable bonds is 6. The first-order chi connectivity index (χ1) is 17.4. The number of benzene rings is 2. The zero-order valence-electron chi connectivity index (χ0n) is 19.8. The van der Waals surface area contributed by atoms with Crippen LogP contribution in [-0.4, -0.2) is 26.3 Å². The van der Waals surface area contributed by atoms with Crippen LogP contribution in [-0.2, 0) is 6.61 Å². The fourth-order valence-electron chi connectivity index (χ4n) is 4.03. The normalized spacial score (nSPS) is 11.1. The van der Waals surface area contributed by atoms with Gasteiger partial charge in [-0.15, -0.1) is 0 Å². The summed E-state index contributed by atoms with van der Waals surface area (Å²) in [6.07, 6.45) is 1.59. The molecule has 9 heteroatoms. The average Bonchev–Trinajstić information content (AvgIpc) is 3.24. The van der Waals surface area contributed by atoms with E-state index < -0.39 is 11.6 Å². The van der Waals surface area contributed by atoms with Gasteiger partial charge in [-0.25, -0.2) is 18.4 Å². The second-order valence-electron chi connectivity index (χ2n) is 8.25. The van der Waals surface area contributed by atoms with E-state index in [9.17, 15) is 13.6 Å². The van der Waals surface area contributed by atoms with Crippen LogP contribution in [0.3, 0.4) is 0 Å². The van der Waals surface area contributed by atoms with Crippen molar-refractivity contribution in [3.63, 3.8) is 0 Å². The Labute approximate surface area is 205 Å². The van der Waals surface area contributed by atoms with E-state index in [2.05, 4.69) is 10.1 Å². The van der Waals surface area contributed by atoms with Crippen LogP contribution in [0.4, 0.5) is 8.78 Å². The lowest BCUT2D eigenvalue weighted by atomic mass is 10.1. The molecule has 0 N–H and O–H groups in total. The molecule has 0 aliphatic carbocycles. The minimum Gasteiger partial charge on any atom is -0.497 e. The predicted octanol–water partition coefficient (Wildman–Crippen LogP) is 5.03.